The van der Waals surface area contributed by atoms with E-state index in [1.54, 1.807) is 12.4 Å². The van der Waals surface area contributed by atoms with Crippen molar-refractivity contribution in [2.45, 2.75) is 6.42 Å². The van der Waals surface area contributed by atoms with Crippen LogP contribution in [0.25, 0.3) is 11.1 Å². The van der Waals surface area contributed by atoms with Gasteiger partial charge < -0.3 is 5.73 Å². The number of rotatable bonds is 3. The van der Waals surface area contributed by atoms with Crippen LogP contribution in [-0.4, -0.2) is 10.9 Å². The van der Waals surface area contributed by atoms with Crippen LogP contribution in [0.4, 0.5) is 0 Å². The van der Waals surface area contributed by atoms with E-state index in [9.17, 15) is 4.79 Å². The molecule has 0 bridgehead atoms. The lowest BCUT2D eigenvalue weighted by Crippen LogP contribution is -2.13. The Labute approximate surface area is 93.9 Å². The Morgan fingerprint density at radius 2 is 2.00 bits per heavy atom. The number of carbonyl (C=O) groups excluding carboxylic acids is 1. The summed E-state index contributed by atoms with van der Waals surface area (Å²) in [5, 5.41) is 0. The minimum absolute atomic E-state index is 0.272. The predicted molar refractivity (Wildman–Crippen MR) is 62.6 cm³/mol. The zero-order valence-corrected chi connectivity index (χ0v) is 8.76. The second kappa shape index (κ2) is 4.57. The first kappa shape index (κ1) is 10.4. The van der Waals surface area contributed by atoms with Gasteiger partial charge >= 0.3 is 0 Å². The largest absolute Gasteiger partial charge is 0.369 e. The van der Waals surface area contributed by atoms with Crippen molar-refractivity contribution in [2.24, 2.45) is 5.73 Å². The first-order valence-corrected chi connectivity index (χ1v) is 5.03. The van der Waals surface area contributed by atoms with E-state index in [0.29, 0.717) is 0 Å². The van der Waals surface area contributed by atoms with Gasteiger partial charge in [0, 0.05) is 12.4 Å². The maximum absolute atomic E-state index is 10.8. The second-order valence-electron chi connectivity index (χ2n) is 3.59. The van der Waals surface area contributed by atoms with Gasteiger partial charge in [-0.25, -0.2) is 0 Å². The third-order valence-electron chi connectivity index (χ3n) is 2.30. The van der Waals surface area contributed by atoms with E-state index in [1.165, 1.54) is 0 Å². The van der Waals surface area contributed by atoms with Gasteiger partial charge in [0.05, 0.1) is 6.42 Å². The molecule has 0 atom stereocenters. The molecule has 1 heterocycles. The van der Waals surface area contributed by atoms with Crippen molar-refractivity contribution in [1.82, 2.24) is 4.98 Å². The maximum Gasteiger partial charge on any atom is 0.221 e. The molecular formula is C13H12N2O. The SMILES string of the molecule is NC(=O)Cc1cccc(-c2cccnc2)c1. The molecule has 16 heavy (non-hydrogen) atoms. The highest BCUT2D eigenvalue weighted by Crippen LogP contribution is 2.19. The molecular weight excluding hydrogens is 200 g/mol. The number of pyridine rings is 1. The standard InChI is InChI=1S/C13H12N2O/c14-13(16)8-10-3-1-4-11(7-10)12-5-2-6-15-9-12/h1-7,9H,8H2,(H2,14,16). The van der Waals surface area contributed by atoms with Crippen LogP contribution in [0.2, 0.25) is 0 Å². The van der Waals surface area contributed by atoms with Crippen molar-refractivity contribution in [3.63, 3.8) is 0 Å². The molecule has 2 N–H and O–H groups in total. The molecule has 3 nitrogen and oxygen atoms in total. The topological polar surface area (TPSA) is 56.0 Å². The number of aromatic nitrogens is 1. The van der Waals surface area contributed by atoms with Crippen LogP contribution in [0.5, 0.6) is 0 Å². The fourth-order valence-electron chi connectivity index (χ4n) is 1.60. The molecule has 0 aliphatic heterocycles. The van der Waals surface area contributed by atoms with Crippen LogP contribution in [0.1, 0.15) is 5.56 Å². The minimum atomic E-state index is -0.316. The van der Waals surface area contributed by atoms with Crippen molar-refractivity contribution < 1.29 is 4.79 Å². The Hall–Kier alpha value is -2.16. The summed E-state index contributed by atoms with van der Waals surface area (Å²) in [4.78, 5) is 14.9. The third kappa shape index (κ3) is 2.45. The molecule has 2 rings (SSSR count). The van der Waals surface area contributed by atoms with Gasteiger partial charge in [-0.3, -0.25) is 9.78 Å². The van der Waals surface area contributed by atoms with Gasteiger partial charge in [-0.15, -0.1) is 0 Å². The Kier molecular flexibility index (Phi) is 2.96. The molecule has 80 valence electrons. The summed E-state index contributed by atoms with van der Waals surface area (Å²) in [6, 6.07) is 11.6. The number of amides is 1. The summed E-state index contributed by atoms with van der Waals surface area (Å²) in [6.07, 6.45) is 3.80. The van der Waals surface area contributed by atoms with E-state index < -0.39 is 0 Å². The highest BCUT2D eigenvalue weighted by Gasteiger charge is 2.01. The number of hydrogen-bond acceptors (Lipinski definition) is 2. The highest BCUT2D eigenvalue weighted by molar-refractivity contribution is 5.77. The number of carbonyl (C=O) groups is 1. The van der Waals surface area contributed by atoms with Crippen LogP contribution in [0.3, 0.4) is 0 Å². The number of hydrogen-bond donors (Lipinski definition) is 1. The molecule has 0 saturated carbocycles. The van der Waals surface area contributed by atoms with Crippen molar-refractivity contribution in [3.05, 3.63) is 54.4 Å². The molecule has 0 fully saturated rings. The first-order chi connectivity index (χ1) is 7.75. The molecule has 0 spiro atoms. The summed E-state index contributed by atoms with van der Waals surface area (Å²) in [5.41, 5.74) is 8.17. The van der Waals surface area contributed by atoms with Crippen molar-refractivity contribution in [3.8, 4) is 11.1 Å². The predicted octanol–water partition coefficient (Wildman–Crippen LogP) is 1.78. The van der Waals surface area contributed by atoms with Gasteiger partial charge in [-0.1, -0.05) is 30.3 Å². The molecule has 0 aliphatic carbocycles. The molecule has 0 radical (unpaired) electrons. The van der Waals surface area contributed by atoms with Gasteiger partial charge in [0.2, 0.25) is 5.91 Å². The average molecular weight is 212 g/mol. The quantitative estimate of drug-likeness (QED) is 0.843. The zero-order chi connectivity index (χ0) is 11.4. The summed E-state index contributed by atoms with van der Waals surface area (Å²) in [6.45, 7) is 0. The van der Waals surface area contributed by atoms with E-state index in [1.807, 2.05) is 36.4 Å². The van der Waals surface area contributed by atoms with Crippen LogP contribution in [-0.2, 0) is 11.2 Å². The molecule has 1 aromatic carbocycles. The number of nitrogens with two attached hydrogens (primary N) is 1. The zero-order valence-electron chi connectivity index (χ0n) is 8.76. The van der Waals surface area contributed by atoms with Gasteiger partial charge in [-0.2, -0.15) is 0 Å². The monoisotopic (exact) mass is 212 g/mol. The number of nitrogens with zero attached hydrogens (tertiary/aromatic N) is 1. The van der Waals surface area contributed by atoms with Crippen molar-refractivity contribution in [1.29, 1.82) is 0 Å². The van der Waals surface area contributed by atoms with Crippen molar-refractivity contribution in [2.75, 3.05) is 0 Å². The molecule has 1 aromatic heterocycles. The lowest BCUT2D eigenvalue weighted by Gasteiger charge is -2.03. The molecule has 3 heteroatoms. The van der Waals surface area contributed by atoms with E-state index in [0.717, 1.165) is 16.7 Å². The number of benzene rings is 1. The normalized spacial score (nSPS) is 10.0. The molecule has 2 aromatic rings. The van der Waals surface area contributed by atoms with E-state index in [2.05, 4.69) is 4.98 Å². The second-order valence-corrected chi connectivity index (χ2v) is 3.59. The molecule has 0 unspecified atom stereocenters. The molecule has 1 amide bonds. The van der Waals surface area contributed by atoms with Gasteiger partial charge in [0.1, 0.15) is 0 Å². The Balaban J connectivity index is 2.33. The smallest absolute Gasteiger partial charge is 0.221 e. The fraction of sp³-hybridized carbons (Fsp3) is 0.0769. The van der Waals surface area contributed by atoms with Crippen LogP contribution in [0.15, 0.2) is 48.8 Å². The Morgan fingerprint density at radius 1 is 1.19 bits per heavy atom. The Bertz CT molecular complexity index is 494. The third-order valence-corrected chi connectivity index (χ3v) is 2.30. The Morgan fingerprint density at radius 3 is 2.69 bits per heavy atom. The first-order valence-electron chi connectivity index (χ1n) is 5.03. The summed E-state index contributed by atoms with van der Waals surface area (Å²) < 4.78 is 0. The van der Waals surface area contributed by atoms with E-state index in [4.69, 9.17) is 5.73 Å². The summed E-state index contributed by atoms with van der Waals surface area (Å²) in [7, 11) is 0. The van der Waals surface area contributed by atoms with Crippen LogP contribution < -0.4 is 5.73 Å². The summed E-state index contributed by atoms with van der Waals surface area (Å²) in [5.74, 6) is -0.316. The van der Waals surface area contributed by atoms with Crippen LogP contribution >= 0.6 is 0 Å². The highest BCUT2D eigenvalue weighted by atomic mass is 16.1. The van der Waals surface area contributed by atoms with Crippen LogP contribution in [0, 0.1) is 0 Å². The summed E-state index contributed by atoms with van der Waals surface area (Å²) >= 11 is 0. The lowest BCUT2D eigenvalue weighted by atomic mass is 10.0. The lowest BCUT2D eigenvalue weighted by molar-refractivity contribution is -0.117. The minimum Gasteiger partial charge on any atom is -0.369 e. The average Bonchev–Trinajstić information content (AvgIpc) is 2.30. The van der Waals surface area contributed by atoms with Gasteiger partial charge in [0.15, 0.2) is 0 Å². The van der Waals surface area contributed by atoms with Gasteiger partial charge in [-0.05, 0) is 22.8 Å². The fourth-order valence-corrected chi connectivity index (χ4v) is 1.60. The number of primary amides is 1. The molecule has 0 aliphatic rings. The van der Waals surface area contributed by atoms with Crippen molar-refractivity contribution >= 4 is 5.91 Å². The maximum atomic E-state index is 10.8. The molecule has 0 saturated heterocycles. The van der Waals surface area contributed by atoms with E-state index >= 15 is 0 Å². The van der Waals surface area contributed by atoms with Gasteiger partial charge in [0.25, 0.3) is 0 Å². The van der Waals surface area contributed by atoms with E-state index in [-0.39, 0.29) is 12.3 Å².